The number of ether oxygens (including phenoxy) is 2. The summed E-state index contributed by atoms with van der Waals surface area (Å²) in [4.78, 5) is 24.3. The summed E-state index contributed by atoms with van der Waals surface area (Å²) in [6.45, 7) is 0.0830. The number of amides is 1. The highest BCUT2D eigenvalue weighted by molar-refractivity contribution is 7.17. The number of nitrogens with one attached hydrogen (secondary N) is 1. The van der Waals surface area contributed by atoms with Crippen LogP contribution >= 0.6 is 22.9 Å². The lowest BCUT2D eigenvalue weighted by Gasteiger charge is -2.19. The van der Waals surface area contributed by atoms with Crippen LogP contribution in [0.25, 0.3) is 21.3 Å². The second-order valence-electron chi connectivity index (χ2n) is 7.00. The van der Waals surface area contributed by atoms with Gasteiger partial charge in [-0.3, -0.25) is 4.79 Å². The number of halogens is 1. The third-order valence-corrected chi connectivity index (χ3v) is 6.05. The Morgan fingerprint density at radius 1 is 1.12 bits per heavy atom. The SMILES string of the molecule is COc1ccc(-c2csc3ncnc(N(C)CC(=O)Nc4cc(Cl)ccc4OC)c23)cc1. The summed E-state index contributed by atoms with van der Waals surface area (Å²) in [5.74, 6) is 1.78. The molecule has 0 atom stereocenters. The number of carbonyl (C=O) groups excluding carboxylic acids is 1. The number of aromatic nitrogens is 2. The van der Waals surface area contributed by atoms with Gasteiger partial charge in [-0.05, 0) is 35.9 Å². The summed E-state index contributed by atoms with van der Waals surface area (Å²) in [5, 5.41) is 6.32. The van der Waals surface area contributed by atoms with E-state index in [1.54, 1.807) is 37.3 Å². The molecule has 164 valence electrons. The van der Waals surface area contributed by atoms with Crippen LogP contribution in [0.3, 0.4) is 0 Å². The van der Waals surface area contributed by atoms with Gasteiger partial charge in [0.25, 0.3) is 0 Å². The van der Waals surface area contributed by atoms with Crippen LogP contribution in [0.1, 0.15) is 0 Å². The van der Waals surface area contributed by atoms with Gasteiger partial charge in [0.15, 0.2) is 0 Å². The van der Waals surface area contributed by atoms with Crippen LogP contribution in [0.2, 0.25) is 5.02 Å². The van der Waals surface area contributed by atoms with Gasteiger partial charge in [-0.2, -0.15) is 0 Å². The Balaban J connectivity index is 1.61. The van der Waals surface area contributed by atoms with Crippen molar-refractivity contribution in [3.8, 4) is 22.6 Å². The van der Waals surface area contributed by atoms with Gasteiger partial charge in [0, 0.05) is 23.0 Å². The zero-order chi connectivity index (χ0) is 22.7. The van der Waals surface area contributed by atoms with Crippen LogP contribution in [0.5, 0.6) is 11.5 Å². The molecule has 0 fully saturated rings. The Hall–Kier alpha value is -3.36. The van der Waals surface area contributed by atoms with Crippen molar-refractivity contribution in [2.45, 2.75) is 0 Å². The number of hydrogen-bond acceptors (Lipinski definition) is 7. The number of hydrogen-bond donors (Lipinski definition) is 1. The van der Waals surface area contributed by atoms with Gasteiger partial charge in [-0.1, -0.05) is 23.7 Å². The minimum atomic E-state index is -0.221. The molecule has 2 heterocycles. The van der Waals surface area contributed by atoms with Crippen LogP contribution in [0.15, 0.2) is 54.2 Å². The Kier molecular flexibility index (Phi) is 6.43. The highest BCUT2D eigenvalue weighted by Crippen LogP contribution is 2.38. The van der Waals surface area contributed by atoms with E-state index in [0.717, 1.165) is 27.1 Å². The maximum absolute atomic E-state index is 12.8. The fraction of sp³-hybridized carbons (Fsp3) is 0.174. The lowest BCUT2D eigenvalue weighted by molar-refractivity contribution is -0.114. The first-order chi connectivity index (χ1) is 15.5. The summed E-state index contributed by atoms with van der Waals surface area (Å²) in [5.41, 5.74) is 2.54. The highest BCUT2D eigenvalue weighted by atomic mass is 35.5. The van der Waals surface area contributed by atoms with E-state index in [4.69, 9.17) is 21.1 Å². The summed E-state index contributed by atoms with van der Waals surface area (Å²) < 4.78 is 10.6. The van der Waals surface area contributed by atoms with Gasteiger partial charge in [0.1, 0.15) is 28.5 Å². The molecule has 0 saturated carbocycles. The molecule has 0 bridgehead atoms. The molecule has 9 heteroatoms. The maximum atomic E-state index is 12.8. The third-order valence-electron chi connectivity index (χ3n) is 4.93. The zero-order valence-corrected chi connectivity index (χ0v) is 19.3. The predicted molar refractivity (Wildman–Crippen MR) is 129 cm³/mol. The minimum absolute atomic E-state index is 0.0830. The third kappa shape index (κ3) is 4.46. The second-order valence-corrected chi connectivity index (χ2v) is 8.30. The standard InChI is InChI=1S/C23H21ClN4O3S/c1-28(11-20(29)27-18-10-15(24)6-9-19(18)31-3)22-21-17(12-32-23(21)26-13-25-22)14-4-7-16(30-2)8-5-14/h4-10,12-13H,11H2,1-3H3,(H,27,29). The molecular weight excluding hydrogens is 448 g/mol. The normalized spacial score (nSPS) is 10.8. The topological polar surface area (TPSA) is 76.6 Å². The number of methoxy groups -OCH3 is 2. The predicted octanol–water partition coefficient (Wildman–Crippen LogP) is 5.10. The first-order valence-electron chi connectivity index (χ1n) is 9.71. The second kappa shape index (κ2) is 9.42. The van der Waals surface area contributed by atoms with Gasteiger partial charge in [-0.25, -0.2) is 9.97 Å². The molecule has 4 rings (SSSR count). The van der Waals surface area contributed by atoms with Crippen molar-refractivity contribution in [1.29, 1.82) is 0 Å². The molecule has 1 N–H and O–H groups in total. The van der Waals surface area contributed by atoms with E-state index in [1.807, 2.05) is 31.3 Å². The van der Waals surface area contributed by atoms with Crippen LogP contribution in [-0.2, 0) is 4.79 Å². The minimum Gasteiger partial charge on any atom is -0.497 e. The van der Waals surface area contributed by atoms with Gasteiger partial charge >= 0.3 is 0 Å². The van der Waals surface area contributed by atoms with Crippen molar-refractivity contribution in [3.63, 3.8) is 0 Å². The van der Waals surface area contributed by atoms with Crippen molar-refractivity contribution < 1.29 is 14.3 Å². The molecular formula is C23H21ClN4O3S. The van der Waals surface area contributed by atoms with Crippen molar-refractivity contribution >= 4 is 50.6 Å². The van der Waals surface area contributed by atoms with E-state index >= 15 is 0 Å². The van der Waals surface area contributed by atoms with Crippen molar-refractivity contribution in [2.75, 3.05) is 38.0 Å². The number of fused-ring (bicyclic) bond motifs is 1. The van der Waals surface area contributed by atoms with Crippen molar-refractivity contribution in [1.82, 2.24) is 9.97 Å². The quantitative estimate of drug-likeness (QED) is 0.406. The largest absolute Gasteiger partial charge is 0.497 e. The molecule has 4 aromatic rings. The molecule has 0 aliphatic rings. The molecule has 7 nitrogen and oxygen atoms in total. The van der Waals surface area contributed by atoms with E-state index in [-0.39, 0.29) is 12.5 Å². The molecule has 0 spiro atoms. The molecule has 2 aromatic carbocycles. The van der Waals surface area contributed by atoms with Gasteiger partial charge in [-0.15, -0.1) is 11.3 Å². The van der Waals surface area contributed by atoms with Crippen molar-refractivity contribution in [3.05, 3.63) is 59.2 Å². The Bertz CT molecular complexity index is 1260. The number of thiophene rings is 1. The zero-order valence-electron chi connectivity index (χ0n) is 17.8. The number of likely N-dealkylation sites (N-methyl/N-ethyl adjacent to an activating group) is 1. The number of benzene rings is 2. The summed E-state index contributed by atoms with van der Waals surface area (Å²) in [6, 6.07) is 12.9. The number of rotatable bonds is 7. The first-order valence-corrected chi connectivity index (χ1v) is 11.0. The van der Waals surface area contributed by atoms with E-state index < -0.39 is 0 Å². The molecule has 0 aliphatic carbocycles. The maximum Gasteiger partial charge on any atom is 0.244 e. The molecule has 0 radical (unpaired) electrons. The summed E-state index contributed by atoms with van der Waals surface area (Å²) in [6.07, 6.45) is 1.51. The van der Waals surface area contributed by atoms with Crippen LogP contribution in [-0.4, -0.2) is 43.7 Å². The Labute approximate surface area is 194 Å². The van der Waals surface area contributed by atoms with Gasteiger partial charge in [0.2, 0.25) is 5.91 Å². The smallest absolute Gasteiger partial charge is 0.244 e. The van der Waals surface area contributed by atoms with Gasteiger partial charge < -0.3 is 19.7 Å². The van der Waals surface area contributed by atoms with Gasteiger partial charge in [0.05, 0.1) is 31.8 Å². The van der Waals surface area contributed by atoms with Crippen LogP contribution in [0, 0.1) is 0 Å². The first kappa shape index (κ1) is 21.9. The van der Waals surface area contributed by atoms with Crippen molar-refractivity contribution in [2.24, 2.45) is 0 Å². The monoisotopic (exact) mass is 468 g/mol. The summed E-state index contributed by atoms with van der Waals surface area (Å²) in [7, 11) is 5.01. The number of nitrogens with zero attached hydrogens (tertiary/aromatic N) is 3. The van der Waals surface area contributed by atoms with Crippen LogP contribution in [0.4, 0.5) is 11.5 Å². The Morgan fingerprint density at radius 2 is 1.91 bits per heavy atom. The number of carbonyl (C=O) groups is 1. The molecule has 0 aliphatic heterocycles. The Morgan fingerprint density at radius 3 is 2.62 bits per heavy atom. The van der Waals surface area contributed by atoms with E-state index in [2.05, 4.69) is 20.7 Å². The fourth-order valence-corrected chi connectivity index (χ4v) is 4.47. The fourth-order valence-electron chi connectivity index (χ4n) is 3.39. The number of anilines is 2. The lowest BCUT2D eigenvalue weighted by Crippen LogP contribution is -2.30. The van der Waals surface area contributed by atoms with E-state index in [0.29, 0.717) is 22.3 Å². The average Bonchev–Trinajstić information content (AvgIpc) is 3.23. The average molecular weight is 469 g/mol. The molecule has 2 aromatic heterocycles. The molecule has 1 amide bonds. The van der Waals surface area contributed by atoms with E-state index in [9.17, 15) is 4.79 Å². The summed E-state index contributed by atoms with van der Waals surface area (Å²) >= 11 is 7.60. The highest BCUT2D eigenvalue weighted by Gasteiger charge is 2.18. The van der Waals surface area contributed by atoms with Crippen LogP contribution < -0.4 is 19.7 Å². The molecule has 0 unspecified atom stereocenters. The lowest BCUT2D eigenvalue weighted by atomic mass is 10.1. The molecule has 32 heavy (non-hydrogen) atoms. The van der Waals surface area contributed by atoms with E-state index in [1.165, 1.54) is 17.7 Å². The molecule has 0 saturated heterocycles.